The number of carbonyl (C=O) groups is 2. The number of hydrazone groups is 1. The normalized spacial score (nSPS) is 15.2. The van der Waals surface area contributed by atoms with E-state index in [-0.39, 0.29) is 12.2 Å². The second kappa shape index (κ2) is 15.8. The minimum absolute atomic E-state index is 0.153. The maximum absolute atomic E-state index is 12.4. The number of hydrogen-bond donors (Lipinski definition) is 4. The third kappa shape index (κ3) is 8.89. The molecule has 4 N–H and O–H groups in total. The lowest BCUT2D eigenvalue weighted by Crippen LogP contribution is -2.45. The number of esters is 1. The van der Waals surface area contributed by atoms with Gasteiger partial charge in [-0.05, 0) is 73.0 Å². The number of rotatable bonds is 14. The summed E-state index contributed by atoms with van der Waals surface area (Å²) < 4.78 is 28.9. The SMILES string of the molecule is CCOc1cc([C@H]2NC(=O)NC(C)=C2C(=O)OC)ccc1OC[C@H](O)N/N=C\c1ccc(OCc2ccc(Br)cc2)c(OC)c1. The Balaban J connectivity index is 1.36. The van der Waals surface area contributed by atoms with Crippen LogP contribution in [0.1, 0.15) is 36.6 Å². The smallest absolute Gasteiger partial charge is 0.337 e. The Morgan fingerprint density at radius 2 is 1.76 bits per heavy atom. The van der Waals surface area contributed by atoms with E-state index in [4.69, 9.17) is 23.7 Å². The topological polar surface area (TPSA) is 149 Å². The number of amides is 2. The number of nitrogens with one attached hydrogen (secondary N) is 3. The number of carbonyl (C=O) groups excluding carboxylic acids is 2. The monoisotopic (exact) mass is 682 g/mol. The molecule has 3 aromatic rings. The summed E-state index contributed by atoms with van der Waals surface area (Å²) in [4.78, 5) is 24.6. The van der Waals surface area contributed by atoms with E-state index < -0.39 is 24.3 Å². The fourth-order valence-corrected chi connectivity index (χ4v) is 4.71. The van der Waals surface area contributed by atoms with Gasteiger partial charge >= 0.3 is 12.0 Å². The largest absolute Gasteiger partial charge is 0.493 e. The molecular formula is C32H35BrN4O8. The second-order valence-corrected chi connectivity index (χ2v) is 10.7. The van der Waals surface area contributed by atoms with E-state index >= 15 is 0 Å². The lowest BCUT2D eigenvalue weighted by molar-refractivity contribution is -0.136. The summed E-state index contributed by atoms with van der Waals surface area (Å²) in [6.45, 7) is 4.01. The van der Waals surface area contributed by atoms with Crippen LogP contribution in [-0.4, -0.2) is 57.0 Å². The maximum atomic E-state index is 12.4. The molecule has 1 aliphatic rings. The Labute approximate surface area is 269 Å². The van der Waals surface area contributed by atoms with Crippen LogP contribution in [0.2, 0.25) is 0 Å². The molecule has 0 saturated heterocycles. The molecule has 0 bridgehead atoms. The highest BCUT2D eigenvalue weighted by Crippen LogP contribution is 2.35. The van der Waals surface area contributed by atoms with E-state index in [9.17, 15) is 14.7 Å². The van der Waals surface area contributed by atoms with Crippen molar-refractivity contribution < 1.29 is 38.4 Å². The van der Waals surface area contributed by atoms with Crippen LogP contribution in [-0.2, 0) is 16.1 Å². The van der Waals surface area contributed by atoms with Crippen LogP contribution in [0.5, 0.6) is 23.0 Å². The summed E-state index contributed by atoms with van der Waals surface area (Å²) in [5.74, 6) is 1.28. The number of methoxy groups -OCH3 is 2. The van der Waals surface area contributed by atoms with Gasteiger partial charge in [-0.3, -0.25) is 5.43 Å². The average Bonchev–Trinajstić information content (AvgIpc) is 3.03. The van der Waals surface area contributed by atoms with E-state index in [1.165, 1.54) is 13.3 Å². The Bertz CT molecular complexity index is 1560. The zero-order valence-electron chi connectivity index (χ0n) is 25.3. The average molecular weight is 684 g/mol. The van der Waals surface area contributed by atoms with Crippen molar-refractivity contribution in [2.75, 3.05) is 27.4 Å². The first-order chi connectivity index (χ1) is 21.7. The van der Waals surface area contributed by atoms with Gasteiger partial charge in [0.05, 0.1) is 38.7 Å². The number of urea groups is 1. The minimum atomic E-state index is -1.15. The molecule has 0 radical (unpaired) electrons. The number of benzene rings is 3. The maximum Gasteiger partial charge on any atom is 0.337 e. The number of hydrogen-bond acceptors (Lipinski definition) is 10. The van der Waals surface area contributed by atoms with Crippen LogP contribution >= 0.6 is 15.9 Å². The van der Waals surface area contributed by atoms with Crippen molar-refractivity contribution in [1.82, 2.24) is 16.1 Å². The summed E-state index contributed by atoms with van der Waals surface area (Å²) >= 11 is 3.42. The predicted octanol–water partition coefficient (Wildman–Crippen LogP) is 4.56. The molecule has 1 aliphatic heterocycles. The van der Waals surface area contributed by atoms with Crippen molar-refractivity contribution in [2.45, 2.75) is 32.7 Å². The molecule has 3 aromatic carbocycles. The van der Waals surface area contributed by atoms with Crippen LogP contribution in [0.4, 0.5) is 4.79 Å². The molecule has 2 amide bonds. The number of ether oxygens (including phenoxy) is 5. The van der Waals surface area contributed by atoms with Crippen molar-refractivity contribution in [3.8, 4) is 23.0 Å². The molecule has 1 heterocycles. The molecule has 4 rings (SSSR count). The van der Waals surface area contributed by atoms with E-state index in [0.29, 0.717) is 47.5 Å². The van der Waals surface area contributed by atoms with Crippen LogP contribution in [0, 0.1) is 0 Å². The zero-order chi connectivity index (χ0) is 32.3. The third-order valence-corrected chi connectivity index (χ3v) is 7.13. The Hall–Kier alpha value is -4.75. The highest BCUT2D eigenvalue weighted by Gasteiger charge is 2.32. The van der Waals surface area contributed by atoms with Crippen LogP contribution < -0.4 is 35.0 Å². The van der Waals surface area contributed by atoms with Crippen molar-refractivity contribution in [3.63, 3.8) is 0 Å². The standard InChI is InChI=1S/C32H35BrN4O8/c1-5-43-27-15-22(30-29(31(39)42-4)19(2)35-32(40)36-30)9-13-25(27)45-18-28(38)37-34-16-21-8-12-24(26(14-21)41-3)44-17-20-6-10-23(33)11-7-20/h6-16,28,30,37-38H,5,17-18H2,1-4H3,(H2,35,36,40)/b34-16-/t28-,30+/m0/s1. The second-order valence-electron chi connectivity index (χ2n) is 9.74. The highest BCUT2D eigenvalue weighted by molar-refractivity contribution is 9.10. The summed E-state index contributed by atoms with van der Waals surface area (Å²) in [5.41, 5.74) is 5.61. The molecule has 0 aromatic heterocycles. The molecule has 12 nitrogen and oxygen atoms in total. The number of halogens is 1. The van der Waals surface area contributed by atoms with Crippen LogP contribution in [0.15, 0.2) is 81.5 Å². The molecule has 0 fully saturated rings. The molecule has 0 saturated carbocycles. The van der Waals surface area contributed by atoms with Gasteiger partial charge in [0.15, 0.2) is 29.2 Å². The third-order valence-electron chi connectivity index (χ3n) is 6.60. The van der Waals surface area contributed by atoms with E-state index in [1.54, 1.807) is 44.4 Å². The number of allylic oxidation sites excluding steroid dienone is 1. The van der Waals surface area contributed by atoms with Crippen molar-refractivity contribution in [1.29, 1.82) is 0 Å². The minimum Gasteiger partial charge on any atom is -0.493 e. The van der Waals surface area contributed by atoms with Gasteiger partial charge in [-0.25, -0.2) is 9.59 Å². The van der Waals surface area contributed by atoms with Crippen LogP contribution in [0.3, 0.4) is 0 Å². The lowest BCUT2D eigenvalue weighted by atomic mass is 9.95. The number of aliphatic hydroxyl groups excluding tert-OH is 1. The van der Waals surface area contributed by atoms with Crippen molar-refractivity contribution in [3.05, 3.63) is 93.1 Å². The molecule has 2 atom stereocenters. The summed E-state index contributed by atoms with van der Waals surface area (Å²) in [5, 5.41) is 19.9. The molecule has 0 aliphatic carbocycles. The molecule has 0 unspecified atom stereocenters. The van der Waals surface area contributed by atoms with E-state index in [2.05, 4.69) is 37.1 Å². The van der Waals surface area contributed by atoms with Gasteiger partial charge in [-0.2, -0.15) is 5.10 Å². The Morgan fingerprint density at radius 1 is 1.02 bits per heavy atom. The van der Waals surface area contributed by atoms with E-state index in [0.717, 1.165) is 15.6 Å². The molecule has 45 heavy (non-hydrogen) atoms. The fraction of sp³-hybridized carbons (Fsp3) is 0.281. The first-order valence-electron chi connectivity index (χ1n) is 14.0. The van der Waals surface area contributed by atoms with Gasteiger partial charge in [0, 0.05) is 10.2 Å². The highest BCUT2D eigenvalue weighted by atomic mass is 79.9. The van der Waals surface area contributed by atoms with Crippen LogP contribution in [0.25, 0.3) is 0 Å². The van der Waals surface area contributed by atoms with E-state index in [1.807, 2.05) is 37.3 Å². The van der Waals surface area contributed by atoms with Crippen molar-refractivity contribution in [2.24, 2.45) is 5.10 Å². The quantitative estimate of drug-likeness (QED) is 0.0831. The van der Waals surface area contributed by atoms with Crippen molar-refractivity contribution >= 4 is 34.1 Å². The fourth-order valence-electron chi connectivity index (χ4n) is 4.45. The first kappa shape index (κ1) is 33.1. The number of nitrogens with zero attached hydrogens (tertiary/aromatic N) is 1. The predicted molar refractivity (Wildman–Crippen MR) is 170 cm³/mol. The van der Waals surface area contributed by atoms with Gasteiger partial charge < -0.3 is 39.4 Å². The van der Waals surface area contributed by atoms with Gasteiger partial charge in [-0.15, -0.1) is 0 Å². The van der Waals surface area contributed by atoms with Gasteiger partial charge in [-0.1, -0.05) is 34.1 Å². The summed E-state index contributed by atoms with van der Waals surface area (Å²) in [6, 6.07) is 17.0. The van der Waals surface area contributed by atoms with Gasteiger partial charge in [0.25, 0.3) is 0 Å². The molecule has 238 valence electrons. The molecule has 0 spiro atoms. The lowest BCUT2D eigenvalue weighted by Gasteiger charge is -2.28. The Kier molecular flexibility index (Phi) is 11.7. The zero-order valence-corrected chi connectivity index (χ0v) is 26.8. The molecular weight excluding hydrogens is 648 g/mol. The molecule has 13 heteroatoms. The van der Waals surface area contributed by atoms with Gasteiger partial charge in [0.1, 0.15) is 13.2 Å². The van der Waals surface area contributed by atoms with Gasteiger partial charge in [0.2, 0.25) is 0 Å². The first-order valence-corrected chi connectivity index (χ1v) is 14.8. The summed E-state index contributed by atoms with van der Waals surface area (Å²) in [6.07, 6.45) is 0.387. The Morgan fingerprint density at radius 3 is 2.47 bits per heavy atom. The summed E-state index contributed by atoms with van der Waals surface area (Å²) in [7, 11) is 2.83. The number of aliphatic hydroxyl groups is 1.